The zero-order valence-corrected chi connectivity index (χ0v) is 11.6. The molecule has 3 unspecified atom stereocenters. The molecule has 1 aliphatic rings. The van der Waals surface area contributed by atoms with Gasteiger partial charge in [0, 0.05) is 5.41 Å². The summed E-state index contributed by atoms with van der Waals surface area (Å²) in [6, 6.07) is 8.39. The predicted molar refractivity (Wildman–Crippen MR) is 74.0 cm³/mol. The van der Waals surface area contributed by atoms with Crippen molar-refractivity contribution in [3.8, 4) is 5.75 Å². The van der Waals surface area contributed by atoms with Crippen LogP contribution in [0.25, 0.3) is 0 Å². The first kappa shape index (κ1) is 13.4. The van der Waals surface area contributed by atoms with Crippen molar-refractivity contribution in [1.29, 1.82) is 0 Å². The fourth-order valence-corrected chi connectivity index (χ4v) is 2.85. The van der Waals surface area contributed by atoms with E-state index in [1.807, 2.05) is 12.1 Å². The van der Waals surface area contributed by atoms with Crippen LogP contribution in [0.5, 0.6) is 5.75 Å². The van der Waals surface area contributed by atoms with Crippen LogP contribution < -0.4 is 4.74 Å². The number of ether oxygens (including phenoxy) is 1. The number of benzene rings is 1. The van der Waals surface area contributed by atoms with Crippen molar-refractivity contribution >= 4 is 0 Å². The second kappa shape index (κ2) is 5.31. The maximum atomic E-state index is 9.94. The normalized spacial score (nSPS) is 30.9. The van der Waals surface area contributed by atoms with Crippen molar-refractivity contribution in [2.45, 2.75) is 52.1 Å². The SMILES string of the molecule is CCCOc1ccc(C2CC(O)C2(C)CC)cc1. The summed E-state index contributed by atoms with van der Waals surface area (Å²) < 4.78 is 5.59. The van der Waals surface area contributed by atoms with Crippen LogP contribution in [-0.4, -0.2) is 17.8 Å². The Hall–Kier alpha value is -1.02. The molecule has 1 aromatic rings. The molecule has 2 rings (SSSR count). The zero-order valence-electron chi connectivity index (χ0n) is 11.6. The summed E-state index contributed by atoms with van der Waals surface area (Å²) in [5, 5.41) is 9.94. The molecular formula is C16H24O2. The lowest BCUT2D eigenvalue weighted by Gasteiger charge is -2.51. The van der Waals surface area contributed by atoms with Gasteiger partial charge < -0.3 is 9.84 Å². The summed E-state index contributed by atoms with van der Waals surface area (Å²) >= 11 is 0. The molecule has 0 aliphatic heterocycles. The smallest absolute Gasteiger partial charge is 0.119 e. The molecule has 0 saturated heterocycles. The first-order valence-electron chi connectivity index (χ1n) is 7.02. The van der Waals surface area contributed by atoms with Crippen LogP contribution in [0.2, 0.25) is 0 Å². The standard InChI is InChI=1S/C16H24O2/c1-4-10-18-13-8-6-12(7-9-13)14-11-15(17)16(14,3)5-2/h6-9,14-15,17H,4-5,10-11H2,1-3H3. The van der Waals surface area contributed by atoms with E-state index in [9.17, 15) is 5.11 Å². The Morgan fingerprint density at radius 2 is 1.94 bits per heavy atom. The number of hydrogen-bond acceptors (Lipinski definition) is 2. The van der Waals surface area contributed by atoms with Crippen LogP contribution >= 0.6 is 0 Å². The van der Waals surface area contributed by atoms with E-state index in [-0.39, 0.29) is 11.5 Å². The molecule has 100 valence electrons. The van der Waals surface area contributed by atoms with Gasteiger partial charge in [-0.2, -0.15) is 0 Å². The first-order valence-corrected chi connectivity index (χ1v) is 7.02. The van der Waals surface area contributed by atoms with Gasteiger partial charge in [-0.15, -0.1) is 0 Å². The Bertz CT molecular complexity index is 385. The van der Waals surface area contributed by atoms with Crippen LogP contribution in [0.15, 0.2) is 24.3 Å². The molecule has 1 aromatic carbocycles. The quantitative estimate of drug-likeness (QED) is 0.860. The molecule has 0 spiro atoms. The lowest BCUT2D eigenvalue weighted by Crippen LogP contribution is -2.49. The monoisotopic (exact) mass is 248 g/mol. The Labute approximate surface area is 110 Å². The van der Waals surface area contributed by atoms with Crippen molar-refractivity contribution < 1.29 is 9.84 Å². The van der Waals surface area contributed by atoms with E-state index >= 15 is 0 Å². The third kappa shape index (κ3) is 2.26. The predicted octanol–water partition coefficient (Wildman–Crippen LogP) is 3.74. The van der Waals surface area contributed by atoms with E-state index in [0.29, 0.717) is 5.92 Å². The minimum atomic E-state index is -0.150. The van der Waals surface area contributed by atoms with Gasteiger partial charge in [0.1, 0.15) is 5.75 Å². The highest BCUT2D eigenvalue weighted by Crippen LogP contribution is 2.54. The van der Waals surface area contributed by atoms with Gasteiger partial charge in [0.25, 0.3) is 0 Å². The highest BCUT2D eigenvalue weighted by atomic mass is 16.5. The van der Waals surface area contributed by atoms with Crippen LogP contribution in [0.1, 0.15) is 51.5 Å². The molecule has 0 heterocycles. The lowest BCUT2D eigenvalue weighted by atomic mass is 9.55. The van der Waals surface area contributed by atoms with Gasteiger partial charge in [-0.05, 0) is 42.9 Å². The summed E-state index contributed by atoms with van der Waals surface area (Å²) in [5.74, 6) is 1.43. The lowest BCUT2D eigenvalue weighted by molar-refractivity contribution is -0.0777. The number of aliphatic hydroxyl groups is 1. The number of hydrogen-bond donors (Lipinski definition) is 1. The molecular weight excluding hydrogens is 224 g/mol. The number of aliphatic hydroxyl groups excluding tert-OH is 1. The molecule has 2 heteroatoms. The van der Waals surface area contributed by atoms with E-state index in [4.69, 9.17) is 4.74 Å². The van der Waals surface area contributed by atoms with Crippen LogP contribution in [0, 0.1) is 5.41 Å². The highest BCUT2D eigenvalue weighted by molar-refractivity contribution is 5.33. The van der Waals surface area contributed by atoms with Gasteiger partial charge in [0.2, 0.25) is 0 Å². The van der Waals surface area contributed by atoms with Crippen LogP contribution in [-0.2, 0) is 0 Å². The highest BCUT2D eigenvalue weighted by Gasteiger charge is 2.49. The Morgan fingerprint density at radius 1 is 1.28 bits per heavy atom. The summed E-state index contributed by atoms with van der Waals surface area (Å²) in [7, 11) is 0. The van der Waals surface area contributed by atoms with Crippen LogP contribution in [0.4, 0.5) is 0 Å². The third-order valence-corrected chi connectivity index (χ3v) is 4.53. The Morgan fingerprint density at radius 3 is 2.44 bits per heavy atom. The molecule has 0 radical (unpaired) electrons. The number of rotatable bonds is 5. The minimum absolute atomic E-state index is 0.0474. The van der Waals surface area contributed by atoms with Gasteiger partial charge >= 0.3 is 0 Å². The molecule has 1 N–H and O–H groups in total. The summed E-state index contributed by atoms with van der Waals surface area (Å²) in [5.41, 5.74) is 1.37. The van der Waals surface area contributed by atoms with E-state index in [0.717, 1.165) is 31.6 Å². The van der Waals surface area contributed by atoms with E-state index in [1.54, 1.807) is 0 Å². The molecule has 18 heavy (non-hydrogen) atoms. The van der Waals surface area contributed by atoms with Crippen LogP contribution in [0.3, 0.4) is 0 Å². The van der Waals surface area contributed by atoms with E-state index < -0.39 is 0 Å². The summed E-state index contributed by atoms with van der Waals surface area (Å²) in [6.07, 6.45) is 2.79. The molecule has 1 aliphatic carbocycles. The largest absolute Gasteiger partial charge is 0.494 e. The van der Waals surface area contributed by atoms with Crippen molar-refractivity contribution in [3.05, 3.63) is 29.8 Å². The van der Waals surface area contributed by atoms with Gasteiger partial charge in [-0.25, -0.2) is 0 Å². The first-order chi connectivity index (χ1) is 8.61. The maximum absolute atomic E-state index is 9.94. The maximum Gasteiger partial charge on any atom is 0.119 e. The molecule has 1 fully saturated rings. The van der Waals surface area contributed by atoms with E-state index in [1.165, 1.54) is 5.56 Å². The molecule has 0 bridgehead atoms. The Kier molecular flexibility index (Phi) is 3.96. The third-order valence-electron chi connectivity index (χ3n) is 4.53. The van der Waals surface area contributed by atoms with Crippen molar-refractivity contribution in [3.63, 3.8) is 0 Å². The summed E-state index contributed by atoms with van der Waals surface area (Å²) in [4.78, 5) is 0. The topological polar surface area (TPSA) is 29.5 Å². The van der Waals surface area contributed by atoms with Crippen molar-refractivity contribution in [2.24, 2.45) is 5.41 Å². The molecule has 0 amide bonds. The second-order valence-electron chi connectivity index (χ2n) is 5.58. The van der Waals surface area contributed by atoms with Gasteiger partial charge in [-0.3, -0.25) is 0 Å². The Balaban J connectivity index is 2.06. The van der Waals surface area contributed by atoms with Crippen molar-refractivity contribution in [1.82, 2.24) is 0 Å². The average Bonchev–Trinajstić information content (AvgIpc) is 2.42. The molecule has 3 atom stereocenters. The van der Waals surface area contributed by atoms with Gasteiger partial charge in [0.15, 0.2) is 0 Å². The molecule has 2 nitrogen and oxygen atoms in total. The van der Waals surface area contributed by atoms with E-state index in [2.05, 4.69) is 32.9 Å². The summed E-state index contributed by atoms with van der Waals surface area (Å²) in [6.45, 7) is 7.23. The van der Waals surface area contributed by atoms with Crippen molar-refractivity contribution in [2.75, 3.05) is 6.61 Å². The minimum Gasteiger partial charge on any atom is -0.494 e. The van der Waals surface area contributed by atoms with Gasteiger partial charge in [0.05, 0.1) is 12.7 Å². The zero-order chi connectivity index (χ0) is 13.2. The van der Waals surface area contributed by atoms with Gasteiger partial charge in [-0.1, -0.05) is 32.9 Å². The fourth-order valence-electron chi connectivity index (χ4n) is 2.85. The fraction of sp³-hybridized carbons (Fsp3) is 0.625. The average molecular weight is 248 g/mol. The molecule has 0 aromatic heterocycles. The second-order valence-corrected chi connectivity index (χ2v) is 5.58. The molecule has 1 saturated carbocycles.